The largest absolute Gasteiger partial charge is 0.475 e. The maximum Gasteiger partial charge on any atom is 0.223 e. The summed E-state index contributed by atoms with van der Waals surface area (Å²) in [5, 5.41) is 0. The van der Waals surface area contributed by atoms with Crippen LogP contribution in [0.4, 0.5) is 5.95 Å². The molecule has 1 heterocycles. The van der Waals surface area contributed by atoms with Crippen molar-refractivity contribution in [2.75, 3.05) is 25.6 Å². The topological polar surface area (TPSA) is 70.3 Å². The Labute approximate surface area is 89.6 Å². The van der Waals surface area contributed by atoms with Crippen molar-refractivity contribution < 1.29 is 9.47 Å². The zero-order valence-corrected chi connectivity index (χ0v) is 9.14. The fourth-order valence-corrected chi connectivity index (χ4v) is 0.961. The Morgan fingerprint density at radius 2 is 2.20 bits per heavy atom. The number of hydrogen-bond donors (Lipinski definition) is 1. The van der Waals surface area contributed by atoms with Gasteiger partial charge in [0.25, 0.3) is 0 Å². The molecular weight excluding hydrogens is 194 g/mol. The molecule has 15 heavy (non-hydrogen) atoms. The van der Waals surface area contributed by atoms with Crippen molar-refractivity contribution in [2.45, 2.75) is 13.8 Å². The van der Waals surface area contributed by atoms with Crippen LogP contribution in [0, 0.1) is 5.92 Å². The highest BCUT2D eigenvalue weighted by molar-refractivity contribution is 5.20. The minimum absolute atomic E-state index is 0.218. The molecule has 0 saturated heterocycles. The quantitative estimate of drug-likeness (QED) is 0.714. The molecule has 2 N–H and O–H groups in total. The second-order valence-corrected chi connectivity index (χ2v) is 3.57. The molecule has 0 bridgehead atoms. The van der Waals surface area contributed by atoms with E-state index in [-0.39, 0.29) is 5.95 Å². The van der Waals surface area contributed by atoms with Gasteiger partial charge < -0.3 is 15.2 Å². The van der Waals surface area contributed by atoms with Crippen molar-refractivity contribution in [3.8, 4) is 5.88 Å². The molecule has 5 heteroatoms. The van der Waals surface area contributed by atoms with Crippen molar-refractivity contribution >= 4 is 5.95 Å². The zero-order chi connectivity index (χ0) is 11.1. The molecule has 0 spiro atoms. The first-order valence-corrected chi connectivity index (χ1v) is 4.97. The summed E-state index contributed by atoms with van der Waals surface area (Å²) in [6, 6.07) is 1.67. The van der Waals surface area contributed by atoms with Gasteiger partial charge in [-0.25, -0.2) is 4.98 Å². The first-order chi connectivity index (χ1) is 7.18. The minimum atomic E-state index is 0.218. The minimum Gasteiger partial charge on any atom is -0.475 e. The molecule has 0 saturated carbocycles. The lowest BCUT2D eigenvalue weighted by atomic mass is 10.2. The Hall–Kier alpha value is -1.36. The summed E-state index contributed by atoms with van der Waals surface area (Å²) in [5.41, 5.74) is 5.40. The fourth-order valence-electron chi connectivity index (χ4n) is 0.961. The van der Waals surface area contributed by atoms with Gasteiger partial charge in [-0.15, -0.1) is 0 Å². The molecule has 0 amide bonds. The zero-order valence-electron chi connectivity index (χ0n) is 9.14. The number of hydrogen-bond acceptors (Lipinski definition) is 5. The van der Waals surface area contributed by atoms with Crippen molar-refractivity contribution in [3.63, 3.8) is 0 Å². The Morgan fingerprint density at radius 3 is 2.87 bits per heavy atom. The van der Waals surface area contributed by atoms with E-state index in [1.807, 2.05) is 0 Å². The van der Waals surface area contributed by atoms with Gasteiger partial charge in [-0.3, -0.25) is 0 Å². The van der Waals surface area contributed by atoms with Crippen LogP contribution in [0.15, 0.2) is 12.3 Å². The molecule has 0 aliphatic heterocycles. The molecule has 0 aliphatic carbocycles. The SMILES string of the molecule is CC(C)COCCOc1ccnc(N)n1. The molecular formula is C10H17N3O2. The van der Waals surface area contributed by atoms with E-state index in [9.17, 15) is 0 Å². The highest BCUT2D eigenvalue weighted by atomic mass is 16.5. The average molecular weight is 211 g/mol. The van der Waals surface area contributed by atoms with Crippen LogP contribution in [0.2, 0.25) is 0 Å². The second-order valence-electron chi connectivity index (χ2n) is 3.57. The van der Waals surface area contributed by atoms with Gasteiger partial charge in [0.15, 0.2) is 0 Å². The summed E-state index contributed by atoms with van der Waals surface area (Å²) < 4.78 is 10.7. The van der Waals surface area contributed by atoms with Gasteiger partial charge in [-0.2, -0.15) is 4.98 Å². The third-order valence-corrected chi connectivity index (χ3v) is 1.58. The molecule has 84 valence electrons. The molecule has 1 rings (SSSR count). The number of nitrogens with two attached hydrogens (primary N) is 1. The number of nitrogen functional groups attached to an aromatic ring is 1. The van der Waals surface area contributed by atoms with E-state index in [2.05, 4.69) is 23.8 Å². The van der Waals surface area contributed by atoms with Gasteiger partial charge in [-0.1, -0.05) is 13.8 Å². The van der Waals surface area contributed by atoms with E-state index in [4.69, 9.17) is 15.2 Å². The van der Waals surface area contributed by atoms with Crippen molar-refractivity contribution in [3.05, 3.63) is 12.3 Å². The molecule has 0 fully saturated rings. The lowest BCUT2D eigenvalue weighted by Gasteiger charge is -2.07. The Balaban J connectivity index is 2.15. The third kappa shape index (κ3) is 5.17. The van der Waals surface area contributed by atoms with Crippen LogP contribution >= 0.6 is 0 Å². The van der Waals surface area contributed by atoms with Crippen LogP contribution in [0.25, 0.3) is 0 Å². The highest BCUT2D eigenvalue weighted by Gasteiger charge is 1.97. The van der Waals surface area contributed by atoms with Crippen LogP contribution in [0.3, 0.4) is 0 Å². The van der Waals surface area contributed by atoms with E-state index >= 15 is 0 Å². The predicted molar refractivity (Wildman–Crippen MR) is 57.6 cm³/mol. The van der Waals surface area contributed by atoms with E-state index in [0.29, 0.717) is 25.0 Å². The first kappa shape index (κ1) is 11.7. The van der Waals surface area contributed by atoms with Gasteiger partial charge in [0.1, 0.15) is 6.61 Å². The number of ether oxygens (including phenoxy) is 2. The Bertz CT molecular complexity index is 292. The maximum absolute atomic E-state index is 5.40. The van der Waals surface area contributed by atoms with Crippen LogP contribution in [-0.2, 0) is 4.74 Å². The molecule has 0 radical (unpaired) electrons. The lowest BCUT2D eigenvalue weighted by Crippen LogP contribution is -2.11. The second kappa shape index (κ2) is 6.19. The summed E-state index contributed by atoms with van der Waals surface area (Å²) in [5.74, 6) is 1.24. The Morgan fingerprint density at radius 1 is 1.40 bits per heavy atom. The molecule has 1 aromatic rings. The first-order valence-electron chi connectivity index (χ1n) is 4.97. The van der Waals surface area contributed by atoms with Crippen LogP contribution < -0.4 is 10.5 Å². The highest BCUT2D eigenvalue weighted by Crippen LogP contribution is 2.05. The molecule has 0 aliphatic rings. The van der Waals surface area contributed by atoms with Crippen molar-refractivity contribution in [1.29, 1.82) is 0 Å². The van der Waals surface area contributed by atoms with E-state index in [1.54, 1.807) is 12.3 Å². The average Bonchev–Trinajstić information content (AvgIpc) is 2.17. The van der Waals surface area contributed by atoms with Crippen LogP contribution in [0.5, 0.6) is 5.88 Å². The maximum atomic E-state index is 5.40. The summed E-state index contributed by atoms with van der Waals surface area (Å²) in [4.78, 5) is 7.66. The van der Waals surface area contributed by atoms with Crippen LogP contribution in [0.1, 0.15) is 13.8 Å². The predicted octanol–water partition coefficient (Wildman–Crippen LogP) is 1.11. The lowest BCUT2D eigenvalue weighted by molar-refractivity contribution is 0.0806. The molecule has 0 unspecified atom stereocenters. The summed E-state index contributed by atoms with van der Waals surface area (Å²) in [6.07, 6.45) is 1.56. The van der Waals surface area contributed by atoms with Crippen molar-refractivity contribution in [1.82, 2.24) is 9.97 Å². The summed E-state index contributed by atoms with van der Waals surface area (Å²) >= 11 is 0. The normalized spacial score (nSPS) is 10.6. The van der Waals surface area contributed by atoms with E-state index in [1.165, 1.54) is 0 Å². The number of anilines is 1. The summed E-state index contributed by atoms with van der Waals surface area (Å²) in [7, 11) is 0. The van der Waals surface area contributed by atoms with Crippen LogP contribution in [-0.4, -0.2) is 29.8 Å². The van der Waals surface area contributed by atoms with Crippen molar-refractivity contribution in [2.24, 2.45) is 5.92 Å². The van der Waals surface area contributed by atoms with Gasteiger partial charge in [-0.05, 0) is 5.92 Å². The standard InChI is InChI=1S/C10H17N3O2/c1-8(2)7-14-5-6-15-9-3-4-12-10(11)13-9/h3-4,8H,5-7H2,1-2H3,(H2,11,12,13). The molecule has 0 atom stereocenters. The van der Waals surface area contributed by atoms with Gasteiger partial charge in [0.2, 0.25) is 11.8 Å². The molecule has 0 aromatic carbocycles. The number of rotatable bonds is 6. The number of nitrogens with zero attached hydrogens (tertiary/aromatic N) is 2. The Kier molecular flexibility index (Phi) is 4.83. The van der Waals surface area contributed by atoms with E-state index in [0.717, 1.165) is 6.61 Å². The van der Waals surface area contributed by atoms with Gasteiger partial charge >= 0.3 is 0 Å². The monoisotopic (exact) mass is 211 g/mol. The smallest absolute Gasteiger partial charge is 0.223 e. The summed E-state index contributed by atoms with van der Waals surface area (Å²) in [6.45, 7) is 5.98. The third-order valence-electron chi connectivity index (χ3n) is 1.58. The van der Waals surface area contributed by atoms with Gasteiger partial charge in [0, 0.05) is 18.9 Å². The molecule has 5 nitrogen and oxygen atoms in total. The molecule has 1 aromatic heterocycles. The fraction of sp³-hybridized carbons (Fsp3) is 0.600. The number of aromatic nitrogens is 2. The van der Waals surface area contributed by atoms with E-state index < -0.39 is 0 Å². The van der Waals surface area contributed by atoms with Gasteiger partial charge in [0.05, 0.1) is 6.61 Å².